The molecule has 0 saturated heterocycles. The molecule has 1 heterocycles. The number of hydrogen-bond acceptors (Lipinski definition) is 5. The summed E-state index contributed by atoms with van der Waals surface area (Å²) in [4.78, 5) is 15.3. The molecule has 0 aliphatic heterocycles. The lowest BCUT2D eigenvalue weighted by molar-refractivity contribution is 0.101. The van der Waals surface area contributed by atoms with Crippen LogP contribution >= 0.6 is 11.3 Å². The van der Waals surface area contributed by atoms with E-state index in [1.165, 1.54) is 18.3 Å². The highest BCUT2D eigenvalue weighted by atomic mass is 32.1. The minimum atomic E-state index is -0.0330. The first kappa shape index (κ1) is 11.6. The molecule has 1 N–H and O–H groups in total. The van der Waals surface area contributed by atoms with Gasteiger partial charge in [-0.2, -0.15) is 0 Å². The molecular formula is C12H12N2O2S. The summed E-state index contributed by atoms with van der Waals surface area (Å²) in [7, 11) is 1.61. The summed E-state index contributed by atoms with van der Waals surface area (Å²) < 4.78 is 5.22. The number of para-hydroxylation sites is 2. The van der Waals surface area contributed by atoms with Crippen molar-refractivity contribution in [3.05, 3.63) is 35.3 Å². The van der Waals surface area contributed by atoms with E-state index in [0.29, 0.717) is 10.8 Å². The fourth-order valence-corrected chi connectivity index (χ4v) is 2.12. The van der Waals surface area contributed by atoms with Gasteiger partial charge in [0, 0.05) is 12.3 Å². The first-order valence-electron chi connectivity index (χ1n) is 5.07. The highest BCUT2D eigenvalue weighted by molar-refractivity contribution is 7.14. The summed E-state index contributed by atoms with van der Waals surface area (Å²) in [5, 5.41) is 5.55. The Morgan fingerprint density at radius 3 is 2.82 bits per heavy atom. The molecule has 17 heavy (non-hydrogen) atoms. The SMILES string of the molecule is COc1ccccc1Nc1nc(C(C)=O)cs1. The highest BCUT2D eigenvalue weighted by Crippen LogP contribution is 2.28. The normalized spacial score (nSPS) is 10.0. The predicted octanol–water partition coefficient (Wildman–Crippen LogP) is 3.10. The highest BCUT2D eigenvalue weighted by Gasteiger charge is 2.08. The molecule has 0 spiro atoms. The molecule has 2 rings (SSSR count). The van der Waals surface area contributed by atoms with Gasteiger partial charge in [0.05, 0.1) is 12.8 Å². The lowest BCUT2D eigenvalue weighted by atomic mass is 10.3. The molecule has 0 aliphatic rings. The van der Waals surface area contributed by atoms with Crippen molar-refractivity contribution >= 4 is 27.9 Å². The van der Waals surface area contributed by atoms with Crippen molar-refractivity contribution in [2.24, 2.45) is 0 Å². The van der Waals surface area contributed by atoms with Gasteiger partial charge in [0.1, 0.15) is 11.4 Å². The molecule has 1 aromatic carbocycles. The van der Waals surface area contributed by atoms with E-state index in [0.717, 1.165) is 11.4 Å². The van der Waals surface area contributed by atoms with Gasteiger partial charge in [0.15, 0.2) is 10.9 Å². The van der Waals surface area contributed by atoms with E-state index in [2.05, 4.69) is 10.3 Å². The van der Waals surface area contributed by atoms with Crippen LogP contribution in [-0.2, 0) is 0 Å². The zero-order valence-corrected chi connectivity index (χ0v) is 10.4. The second kappa shape index (κ2) is 4.97. The van der Waals surface area contributed by atoms with Crippen LogP contribution in [-0.4, -0.2) is 17.9 Å². The predicted molar refractivity (Wildman–Crippen MR) is 68.4 cm³/mol. The minimum Gasteiger partial charge on any atom is -0.495 e. The average molecular weight is 248 g/mol. The van der Waals surface area contributed by atoms with Crippen LogP contribution in [0.3, 0.4) is 0 Å². The number of benzene rings is 1. The Kier molecular flexibility index (Phi) is 3.39. The quantitative estimate of drug-likeness (QED) is 0.845. The molecule has 0 radical (unpaired) electrons. The van der Waals surface area contributed by atoms with Crippen LogP contribution in [0.25, 0.3) is 0 Å². The zero-order chi connectivity index (χ0) is 12.3. The van der Waals surface area contributed by atoms with Crippen molar-refractivity contribution in [1.29, 1.82) is 0 Å². The van der Waals surface area contributed by atoms with Crippen LogP contribution < -0.4 is 10.1 Å². The molecule has 0 bridgehead atoms. The number of nitrogens with zero attached hydrogens (tertiary/aromatic N) is 1. The van der Waals surface area contributed by atoms with E-state index in [-0.39, 0.29) is 5.78 Å². The summed E-state index contributed by atoms with van der Waals surface area (Å²) in [5.41, 5.74) is 1.31. The Hall–Kier alpha value is -1.88. The molecule has 0 aliphatic carbocycles. The standard InChI is InChI=1S/C12H12N2O2S/c1-8(15)10-7-17-12(14-10)13-9-5-3-4-6-11(9)16-2/h3-7H,1-2H3,(H,13,14). The fourth-order valence-electron chi connectivity index (χ4n) is 1.36. The summed E-state index contributed by atoms with van der Waals surface area (Å²) >= 11 is 1.39. The van der Waals surface area contributed by atoms with E-state index in [9.17, 15) is 4.79 Å². The molecule has 0 atom stereocenters. The van der Waals surface area contributed by atoms with E-state index in [4.69, 9.17) is 4.74 Å². The van der Waals surface area contributed by atoms with Gasteiger partial charge in [-0.1, -0.05) is 12.1 Å². The van der Waals surface area contributed by atoms with Gasteiger partial charge < -0.3 is 10.1 Å². The van der Waals surface area contributed by atoms with Crippen LogP contribution in [0.4, 0.5) is 10.8 Å². The number of thiazole rings is 1. The number of ether oxygens (including phenoxy) is 1. The van der Waals surface area contributed by atoms with Gasteiger partial charge >= 0.3 is 0 Å². The molecule has 88 valence electrons. The molecule has 0 saturated carbocycles. The third kappa shape index (κ3) is 2.62. The lowest BCUT2D eigenvalue weighted by Gasteiger charge is -2.07. The van der Waals surface area contributed by atoms with Gasteiger partial charge in [-0.25, -0.2) is 4.98 Å². The Morgan fingerprint density at radius 2 is 2.18 bits per heavy atom. The lowest BCUT2D eigenvalue weighted by Crippen LogP contribution is -1.96. The number of rotatable bonds is 4. The molecule has 0 fully saturated rings. The molecule has 5 heteroatoms. The summed E-state index contributed by atoms with van der Waals surface area (Å²) in [6, 6.07) is 7.56. The van der Waals surface area contributed by atoms with E-state index >= 15 is 0 Å². The Morgan fingerprint density at radius 1 is 1.41 bits per heavy atom. The van der Waals surface area contributed by atoms with E-state index < -0.39 is 0 Å². The number of carbonyl (C=O) groups excluding carboxylic acids is 1. The second-order valence-electron chi connectivity index (χ2n) is 3.42. The number of hydrogen-bond donors (Lipinski definition) is 1. The fraction of sp³-hybridized carbons (Fsp3) is 0.167. The molecule has 0 unspecified atom stereocenters. The molecular weight excluding hydrogens is 236 g/mol. The van der Waals surface area contributed by atoms with Crippen LogP contribution in [0, 0.1) is 0 Å². The van der Waals surface area contributed by atoms with Crippen molar-refractivity contribution in [3.8, 4) is 5.75 Å². The van der Waals surface area contributed by atoms with Gasteiger partial charge in [0.2, 0.25) is 0 Å². The van der Waals surface area contributed by atoms with Crippen LogP contribution in [0.1, 0.15) is 17.4 Å². The number of nitrogens with one attached hydrogen (secondary N) is 1. The summed E-state index contributed by atoms with van der Waals surface area (Å²) in [5.74, 6) is 0.710. The zero-order valence-electron chi connectivity index (χ0n) is 9.56. The monoisotopic (exact) mass is 248 g/mol. The Balaban J connectivity index is 2.22. The van der Waals surface area contributed by atoms with Crippen molar-refractivity contribution in [3.63, 3.8) is 0 Å². The number of methoxy groups -OCH3 is 1. The van der Waals surface area contributed by atoms with Crippen LogP contribution in [0.5, 0.6) is 5.75 Å². The molecule has 1 aromatic heterocycles. The smallest absolute Gasteiger partial charge is 0.187 e. The van der Waals surface area contributed by atoms with Crippen molar-refractivity contribution in [1.82, 2.24) is 4.98 Å². The van der Waals surface area contributed by atoms with Crippen LogP contribution in [0.15, 0.2) is 29.6 Å². The maximum atomic E-state index is 11.1. The van der Waals surface area contributed by atoms with Crippen LogP contribution in [0.2, 0.25) is 0 Å². The van der Waals surface area contributed by atoms with Gasteiger partial charge in [-0.15, -0.1) is 11.3 Å². The summed E-state index contributed by atoms with van der Waals surface area (Å²) in [6.45, 7) is 1.50. The third-order valence-electron chi connectivity index (χ3n) is 2.21. The molecule has 4 nitrogen and oxygen atoms in total. The number of carbonyl (C=O) groups is 1. The van der Waals surface area contributed by atoms with Crippen molar-refractivity contribution < 1.29 is 9.53 Å². The minimum absolute atomic E-state index is 0.0330. The number of anilines is 2. The Labute approximate surface area is 103 Å². The maximum Gasteiger partial charge on any atom is 0.187 e. The number of Topliss-reactive ketones (excluding diaryl/α,β-unsaturated/α-hetero) is 1. The topological polar surface area (TPSA) is 51.2 Å². The van der Waals surface area contributed by atoms with Gasteiger partial charge in [-0.05, 0) is 12.1 Å². The number of ketones is 1. The first-order valence-corrected chi connectivity index (χ1v) is 5.95. The van der Waals surface area contributed by atoms with Gasteiger partial charge in [-0.3, -0.25) is 4.79 Å². The maximum absolute atomic E-state index is 11.1. The van der Waals surface area contributed by atoms with Crippen molar-refractivity contribution in [2.75, 3.05) is 12.4 Å². The largest absolute Gasteiger partial charge is 0.495 e. The van der Waals surface area contributed by atoms with E-state index in [1.807, 2.05) is 24.3 Å². The Bertz CT molecular complexity index is 537. The average Bonchev–Trinajstić information content (AvgIpc) is 2.78. The third-order valence-corrected chi connectivity index (χ3v) is 2.97. The summed E-state index contributed by atoms with van der Waals surface area (Å²) in [6.07, 6.45) is 0. The van der Waals surface area contributed by atoms with E-state index in [1.54, 1.807) is 12.5 Å². The second-order valence-corrected chi connectivity index (χ2v) is 4.28. The molecule has 2 aromatic rings. The molecule has 0 amide bonds. The van der Waals surface area contributed by atoms with Crippen molar-refractivity contribution in [2.45, 2.75) is 6.92 Å². The number of aromatic nitrogens is 1. The van der Waals surface area contributed by atoms with Gasteiger partial charge in [0.25, 0.3) is 0 Å². The first-order chi connectivity index (χ1) is 8.20.